The molecule has 1 aromatic rings. The van der Waals surface area contributed by atoms with Gasteiger partial charge in [-0.15, -0.1) is 0 Å². The van der Waals surface area contributed by atoms with E-state index in [1.54, 1.807) is 0 Å². The molecule has 1 aliphatic rings. The van der Waals surface area contributed by atoms with Crippen LogP contribution < -0.4 is 0 Å². The minimum absolute atomic E-state index is 0.154. The van der Waals surface area contributed by atoms with Gasteiger partial charge in [-0.1, -0.05) is 20.8 Å². The van der Waals surface area contributed by atoms with Gasteiger partial charge in [0.1, 0.15) is 0 Å². The molecule has 1 saturated carbocycles. The highest BCUT2D eigenvalue weighted by Gasteiger charge is 2.46. The van der Waals surface area contributed by atoms with Gasteiger partial charge in [-0.25, -0.2) is 0 Å². The predicted molar refractivity (Wildman–Crippen MR) is 66.8 cm³/mol. The minimum atomic E-state index is -0.646. The van der Waals surface area contributed by atoms with Gasteiger partial charge >= 0.3 is 5.97 Å². The molecule has 17 heavy (non-hydrogen) atoms. The number of nitrogens with zero attached hydrogens (tertiary/aromatic N) is 1. The lowest BCUT2D eigenvalue weighted by Crippen LogP contribution is -2.44. The van der Waals surface area contributed by atoms with Crippen molar-refractivity contribution in [3.63, 3.8) is 0 Å². The second-order valence-electron chi connectivity index (χ2n) is 5.78. The third-order valence-corrected chi connectivity index (χ3v) is 4.71. The molecule has 2 rings (SSSR count). The van der Waals surface area contributed by atoms with E-state index in [0.717, 1.165) is 12.8 Å². The Morgan fingerprint density at radius 1 is 1.29 bits per heavy atom. The Morgan fingerprint density at radius 2 is 1.88 bits per heavy atom. The van der Waals surface area contributed by atoms with Gasteiger partial charge in [-0.2, -0.15) is 0 Å². The molecule has 3 atom stereocenters. The highest BCUT2D eigenvalue weighted by molar-refractivity contribution is 5.71. The van der Waals surface area contributed by atoms with Crippen LogP contribution in [0.4, 0.5) is 0 Å². The molecule has 3 heteroatoms. The molecular formula is C14H21NO2. The number of carboxylic acid groups (broad SMARTS) is 1. The Morgan fingerprint density at radius 3 is 2.41 bits per heavy atom. The first-order chi connectivity index (χ1) is 7.94. The number of carboxylic acids is 1. The summed E-state index contributed by atoms with van der Waals surface area (Å²) in [5.74, 6) is -0.498. The molecule has 1 aromatic heterocycles. The quantitative estimate of drug-likeness (QED) is 0.855. The summed E-state index contributed by atoms with van der Waals surface area (Å²) in [5.41, 5.74) is -0.154. The molecule has 0 aromatic carbocycles. The molecule has 3 unspecified atom stereocenters. The largest absolute Gasteiger partial charge is 0.481 e. The van der Waals surface area contributed by atoms with Crippen molar-refractivity contribution in [2.45, 2.75) is 39.7 Å². The van der Waals surface area contributed by atoms with Crippen LogP contribution in [0.3, 0.4) is 0 Å². The molecule has 0 saturated heterocycles. The first kappa shape index (κ1) is 12.2. The molecule has 0 spiro atoms. The molecular weight excluding hydrogens is 214 g/mol. The van der Waals surface area contributed by atoms with Gasteiger partial charge in [0.05, 0.1) is 5.92 Å². The zero-order valence-corrected chi connectivity index (χ0v) is 10.8. The SMILES string of the molecule is CC1C(n2cccc2)CCC(C(=O)O)C1(C)C. The Balaban J connectivity index is 2.25. The maximum atomic E-state index is 11.3. The summed E-state index contributed by atoms with van der Waals surface area (Å²) in [6.45, 7) is 6.36. The summed E-state index contributed by atoms with van der Waals surface area (Å²) in [7, 11) is 0. The fourth-order valence-electron chi connectivity index (χ4n) is 3.19. The topological polar surface area (TPSA) is 42.2 Å². The molecule has 1 N–H and O–H groups in total. The summed E-state index contributed by atoms with van der Waals surface area (Å²) in [6, 6.07) is 4.49. The second-order valence-corrected chi connectivity index (χ2v) is 5.78. The molecule has 1 aliphatic carbocycles. The van der Waals surface area contributed by atoms with Gasteiger partial charge in [-0.3, -0.25) is 4.79 Å². The highest BCUT2D eigenvalue weighted by atomic mass is 16.4. The fraction of sp³-hybridized carbons (Fsp3) is 0.643. The lowest BCUT2D eigenvalue weighted by Gasteiger charge is -2.46. The molecule has 0 amide bonds. The van der Waals surface area contributed by atoms with Crippen LogP contribution in [0.5, 0.6) is 0 Å². The zero-order chi connectivity index (χ0) is 12.6. The lowest BCUT2D eigenvalue weighted by molar-refractivity contribution is -0.150. The fourth-order valence-corrected chi connectivity index (χ4v) is 3.19. The standard InChI is InChI=1S/C14H21NO2/c1-10-12(15-8-4-5-9-15)7-6-11(13(16)17)14(10,2)3/h4-5,8-12H,6-7H2,1-3H3,(H,16,17). The van der Waals surface area contributed by atoms with Crippen molar-refractivity contribution >= 4 is 5.97 Å². The number of aliphatic carboxylic acids is 1. The Labute approximate surface area is 102 Å². The molecule has 94 valence electrons. The number of carbonyl (C=O) groups is 1. The monoisotopic (exact) mass is 235 g/mol. The minimum Gasteiger partial charge on any atom is -0.481 e. The Kier molecular flexibility index (Phi) is 3.02. The number of hydrogen-bond donors (Lipinski definition) is 1. The highest BCUT2D eigenvalue weighted by Crippen LogP contribution is 2.49. The summed E-state index contributed by atoms with van der Waals surface area (Å²) in [6.07, 6.45) is 5.89. The normalized spacial score (nSPS) is 32.3. The van der Waals surface area contributed by atoms with Crippen molar-refractivity contribution in [3.05, 3.63) is 24.5 Å². The molecule has 1 fully saturated rings. The zero-order valence-electron chi connectivity index (χ0n) is 10.8. The third kappa shape index (κ3) is 1.99. The van der Waals surface area contributed by atoms with Crippen LogP contribution >= 0.6 is 0 Å². The molecule has 1 heterocycles. The first-order valence-electron chi connectivity index (χ1n) is 6.30. The van der Waals surface area contributed by atoms with Crippen molar-refractivity contribution in [2.75, 3.05) is 0 Å². The van der Waals surface area contributed by atoms with Crippen molar-refractivity contribution in [1.29, 1.82) is 0 Å². The third-order valence-electron chi connectivity index (χ3n) is 4.71. The number of rotatable bonds is 2. The molecule has 0 bridgehead atoms. The van der Waals surface area contributed by atoms with Gasteiger partial charge in [0.15, 0.2) is 0 Å². The van der Waals surface area contributed by atoms with Gasteiger partial charge in [-0.05, 0) is 36.3 Å². The Bertz CT molecular complexity index is 394. The summed E-state index contributed by atoms with van der Waals surface area (Å²) >= 11 is 0. The molecule has 0 aliphatic heterocycles. The van der Waals surface area contributed by atoms with E-state index in [-0.39, 0.29) is 11.3 Å². The van der Waals surface area contributed by atoms with E-state index in [4.69, 9.17) is 0 Å². The maximum absolute atomic E-state index is 11.3. The lowest BCUT2D eigenvalue weighted by atomic mass is 9.61. The van der Waals surface area contributed by atoms with Crippen molar-refractivity contribution in [2.24, 2.45) is 17.3 Å². The van der Waals surface area contributed by atoms with Crippen LogP contribution in [-0.4, -0.2) is 15.6 Å². The van der Waals surface area contributed by atoms with E-state index < -0.39 is 5.97 Å². The second kappa shape index (κ2) is 4.21. The van der Waals surface area contributed by atoms with Crippen LogP contribution in [0.1, 0.15) is 39.7 Å². The van der Waals surface area contributed by atoms with E-state index in [2.05, 4.69) is 37.7 Å². The van der Waals surface area contributed by atoms with E-state index in [9.17, 15) is 9.90 Å². The van der Waals surface area contributed by atoms with Crippen LogP contribution in [0.2, 0.25) is 0 Å². The summed E-state index contributed by atoms with van der Waals surface area (Å²) in [5, 5.41) is 9.30. The van der Waals surface area contributed by atoms with Gasteiger partial charge < -0.3 is 9.67 Å². The van der Waals surface area contributed by atoms with Crippen LogP contribution in [0.25, 0.3) is 0 Å². The first-order valence-corrected chi connectivity index (χ1v) is 6.30. The predicted octanol–water partition coefficient (Wildman–Crippen LogP) is 3.19. The van der Waals surface area contributed by atoms with Crippen molar-refractivity contribution in [1.82, 2.24) is 4.57 Å². The summed E-state index contributed by atoms with van der Waals surface area (Å²) in [4.78, 5) is 11.3. The van der Waals surface area contributed by atoms with Crippen LogP contribution in [0, 0.1) is 17.3 Å². The van der Waals surface area contributed by atoms with Gasteiger partial charge in [0.2, 0.25) is 0 Å². The molecule has 3 nitrogen and oxygen atoms in total. The van der Waals surface area contributed by atoms with E-state index in [1.807, 2.05) is 12.1 Å². The van der Waals surface area contributed by atoms with Crippen LogP contribution in [0.15, 0.2) is 24.5 Å². The van der Waals surface area contributed by atoms with E-state index in [1.165, 1.54) is 0 Å². The van der Waals surface area contributed by atoms with Gasteiger partial charge in [0.25, 0.3) is 0 Å². The van der Waals surface area contributed by atoms with E-state index in [0.29, 0.717) is 12.0 Å². The summed E-state index contributed by atoms with van der Waals surface area (Å²) < 4.78 is 2.23. The number of hydrogen-bond acceptors (Lipinski definition) is 1. The Hall–Kier alpha value is -1.25. The van der Waals surface area contributed by atoms with Crippen LogP contribution in [-0.2, 0) is 4.79 Å². The van der Waals surface area contributed by atoms with Crippen molar-refractivity contribution in [3.8, 4) is 0 Å². The smallest absolute Gasteiger partial charge is 0.307 e. The molecule has 0 radical (unpaired) electrons. The average Bonchev–Trinajstić information content (AvgIpc) is 2.74. The average molecular weight is 235 g/mol. The maximum Gasteiger partial charge on any atom is 0.307 e. The van der Waals surface area contributed by atoms with Gasteiger partial charge in [0, 0.05) is 18.4 Å². The van der Waals surface area contributed by atoms with E-state index >= 15 is 0 Å². The van der Waals surface area contributed by atoms with Crippen molar-refractivity contribution < 1.29 is 9.90 Å². The number of aromatic nitrogens is 1.